The smallest absolute Gasteiger partial charge is 0.257 e. The van der Waals surface area contributed by atoms with E-state index in [4.69, 9.17) is 10.5 Å². The molecule has 0 aliphatic heterocycles. The number of para-hydroxylation sites is 1. The molecule has 1 amide bonds. The van der Waals surface area contributed by atoms with E-state index in [-0.39, 0.29) is 12.5 Å². The minimum atomic E-state index is -0.156. The van der Waals surface area contributed by atoms with Crippen molar-refractivity contribution < 1.29 is 9.53 Å². The summed E-state index contributed by atoms with van der Waals surface area (Å²) in [5, 5.41) is 2.48. The van der Waals surface area contributed by atoms with Gasteiger partial charge in [-0.1, -0.05) is 18.2 Å². The molecule has 0 bridgehead atoms. The maximum atomic E-state index is 10.9. The average Bonchev–Trinajstić information content (AvgIpc) is 2.26. The summed E-state index contributed by atoms with van der Waals surface area (Å²) in [6.07, 6.45) is 0. The van der Waals surface area contributed by atoms with Crippen molar-refractivity contribution in [2.75, 3.05) is 13.7 Å². The van der Waals surface area contributed by atoms with Gasteiger partial charge >= 0.3 is 0 Å². The lowest BCUT2D eigenvalue weighted by molar-refractivity contribution is -0.122. The SMILES string of the molecule is CNC(=O)COc1ccccc1CN. The molecule has 0 saturated heterocycles. The van der Waals surface area contributed by atoms with Crippen molar-refractivity contribution in [2.24, 2.45) is 5.73 Å². The Bertz CT molecular complexity index is 313. The van der Waals surface area contributed by atoms with E-state index in [0.717, 1.165) is 5.56 Å². The first kappa shape index (κ1) is 10.5. The van der Waals surface area contributed by atoms with Gasteiger partial charge in [-0.25, -0.2) is 0 Å². The fourth-order valence-electron chi connectivity index (χ4n) is 1.03. The number of nitrogens with one attached hydrogen (secondary N) is 1. The molecule has 14 heavy (non-hydrogen) atoms. The first-order valence-corrected chi connectivity index (χ1v) is 4.39. The van der Waals surface area contributed by atoms with Crippen LogP contribution in [0, 0.1) is 0 Å². The van der Waals surface area contributed by atoms with Crippen LogP contribution in [0.2, 0.25) is 0 Å². The second-order valence-corrected chi connectivity index (χ2v) is 2.77. The minimum Gasteiger partial charge on any atom is -0.483 e. The topological polar surface area (TPSA) is 64.3 Å². The molecule has 0 fully saturated rings. The minimum absolute atomic E-state index is 0.0213. The van der Waals surface area contributed by atoms with Gasteiger partial charge in [-0.15, -0.1) is 0 Å². The van der Waals surface area contributed by atoms with Crippen LogP contribution in [0.15, 0.2) is 24.3 Å². The quantitative estimate of drug-likeness (QED) is 0.723. The molecule has 0 unspecified atom stereocenters. The standard InChI is InChI=1S/C10H14N2O2/c1-12-10(13)7-14-9-5-3-2-4-8(9)6-11/h2-5H,6-7,11H2,1H3,(H,12,13). The summed E-state index contributed by atoms with van der Waals surface area (Å²) in [6.45, 7) is 0.428. The Morgan fingerprint density at radius 3 is 2.86 bits per heavy atom. The number of rotatable bonds is 4. The molecule has 4 heteroatoms. The summed E-state index contributed by atoms with van der Waals surface area (Å²) in [4.78, 5) is 10.9. The van der Waals surface area contributed by atoms with E-state index in [1.54, 1.807) is 13.1 Å². The number of likely N-dealkylation sites (N-methyl/N-ethyl adjacent to an activating group) is 1. The first-order valence-electron chi connectivity index (χ1n) is 4.39. The lowest BCUT2D eigenvalue weighted by atomic mass is 10.2. The number of amides is 1. The molecule has 0 atom stereocenters. The van der Waals surface area contributed by atoms with Gasteiger partial charge in [0.15, 0.2) is 6.61 Å². The van der Waals surface area contributed by atoms with Crippen LogP contribution in [-0.2, 0) is 11.3 Å². The lowest BCUT2D eigenvalue weighted by Gasteiger charge is -2.08. The largest absolute Gasteiger partial charge is 0.483 e. The molecule has 3 N–H and O–H groups in total. The number of hydrogen-bond acceptors (Lipinski definition) is 3. The van der Waals surface area contributed by atoms with E-state index < -0.39 is 0 Å². The summed E-state index contributed by atoms with van der Waals surface area (Å²) in [5.41, 5.74) is 6.41. The summed E-state index contributed by atoms with van der Waals surface area (Å²) in [7, 11) is 1.57. The van der Waals surface area contributed by atoms with Crippen LogP contribution >= 0.6 is 0 Å². The summed E-state index contributed by atoms with van der Waals surface area (Å²) in [6, 6.07) is 7.40. The predicted molar refractivity (Wildman–Crippen MR) is 53.9 cm³/mol. The zero-order valence-electron chi connectivity index (χ0n) is 8.12. The molecule has 0 spiro atoms. The van der Waals surface area contributed by atoms with Gasteiger partial charge in [0, 0.05) is 19.2 Å². The van der Waals surface area contributed by atoms with Gasteiger partial charge in [-0.3, -0.25) is 4.79 Å². The van der Waals surface area contributed by atoms with Gasteiger partial charge in [0.1, 0.15) is 5.75 Å². The second kappa shape index (κ2) is 5.24. The van der Waals surface area contributed by atoms with Crippen LogP contribution in [0.5, 0.6) is 5.75 Å². The second-order valence-electron chi connectivity index (χ2n) is 2.77. The monoisotopic (exact) mass is 194 g/mol. The number of carbonyl (C=O) groups is 1. The van der Waals surface area contributed by atoms with Crippen LogP contribution in [-0.4, -0.2) is 19.6 Å². The van der Waals surface area contributed by atoms with Gasteiger partial charge in [0.2, 0.25) is 0 Å². The van der Waals surface area contributed by atoms with E-state index >= 15 is 0 Å². The van der Waals surface area contributed by atoms with E-state index in [1.807, 2.05) is 18.2 Å². The molecule has 1 aromatic rings. The number of hydrogen-bond donors (Lipinski definition) is 2. The van der Waals surface area contributed by atoms with Gasteiger partial charge < -0.3 is 15.8 Å². The third-order valence-electron chi connectivity index (χ3n) is 1.83. The Kier molecular flexibility index (Phi) is 3.94. The molecule has 1 aromatic carbocycles. The normalized spacial score (nSPS) is 9.57. The molecular formula is C10H14N2O2. The summed E-state index contributed by atoms with van der Waals surface area (Å²) in [5.74, 6) is 0.510. The van der Waals surface area contributed by atoms with Crippen molar-refractivity contribution in [3.05, 3.63) is 29.8 Å². The third kappa shape index (κ3) is 2.74. The Morgan fingerprint density at radius 1 is 1.50 bits per heavy atom. The van der Waals surface area contributed by atoms with Gasteiger partial charge in [-0.05, 0) is 6.07 Å². The highest BCUT2D eigenvalue weighted by atomic mass is 16.5. The van der Waals surface area contributed by atoms with Crippen molar-refractivity contribution >= 4 is 5.91 Å². The first-order chi connectivity index (χ1) is 6.77. The molecule has 76 valence electrons. The molecule has 0 radical (unpaired) electrons. The van der Waals surface area contributed by atoms with E-state index in [2.05, 4.69) is 5.32 Å². The van der Waals surface area contributed by atoms with Gasteiger partial charge in [-0.2, -0.15) is 0 Å². The zero-order chi connectivity index (χ0) is 10.4. The number of nitrogens with two attached hydrogens (primary N) is 1. The molecule has 0 aliphatic carbocycles. The Balaban J connectivity index is 2.61. The van der Waals surface area contributed by atoms with Crippen molar-refractivity contribution in [1.82, 2.24) is 5.32 Å². The van der Waals surface area contributed by atoms with Gasteiger partial charge in [0.05, 0.1) is 0 Å². The van der Waals surface area contributed by atoms with Crippen LogP contribution in [0.3, 0.4) is 0 Å². The van der Waals surface area contributed by atoms with Crippen LogP contribution in [0.4, 0.5) is 0 Å². The van der Waals surface area contributed by atoms with Gasteiger partial charge in [0.25, 0.3) is 5.91 Å². The molecular weight excluding hydrogens is 180 g/mol. The number of benzene rings is 1. The maximum Gasteiger partial charge on any atom is 0.257 e. The molecule has 1 rings (SSSR count). The van der Waals surface area contributed by atoms with Crippen molar-refractivity contribution in [3.8, 4) is 5.75 Å². The molecule has 0 aromatic heterocycles. The fourth-order valence-corrected chi connectivity index (χ4v) is 1.03. The highest BCUT2D eigenvalue weighted by Crippen LogP contribution is 2.16. The summed E-state index contributed by atoms with van der Waals surface area (Å²) < 4.78 is 5.29. The average molecular weight is 194 g/mol. The zero-order valence-corrected chi connectivity index (χ0v) is 8.12. The molecule has 0 heterocycles. The van der Waals surface area contributed by atoms with Crippen LogP contribution < -0.4 is 15.8 Å². The lowest BCUT2D eigenvalue weighted by Crippen LogP contribution is -2.25. The molecule has 4 nitrogen and oxygen atoms in total. The Labute approximate surface area is 83.1 Å². The van der Waals surface area contributed by atoms with Crippen LogP contribution in [0.1, 0.15) is 5.56 Å². The van der Waals surface area contributed by atoms with Crippen molar-refractivity contribution in [3.63, 3.8) is 0 Å². The van der Waals surface area contributed by atoms with Crippen molar-refractivity contribution in [1.29, 1.82) is 0 Å². The Hall–Kier alpha value is -1.55. The predicted octanol–water partition coefficient (Wildman–Crippen LogP) is 0.270. The van der Waals surface area contributed by atoms with E-state index in [0.29, 0.717) is 12.3 Å². The maximum absolute atomic E-state index is 10.9. The summed E-state index contributed by atoms with van der Waals surface area (Å²) >= 11 is 0. The highest BCUT2D eigenvalue weighted by molar-refractivity contribution is 5.77. The molecule has 0 aliphatic rings. The number of carbonyl (C=O) groups excluding carboxylic acids is 1. The van der Waals surface area contributed by atoms with Crippen LogP contribution in [0.25, 0.3) is 0 Å². The highest BCUT2D eigenvalue weighted by Gasteiger charge is 2.03. The fraction of sp³-hybridized carbons (Fsp3) is 0.300. The third-order valence-corrected chi connectivity index (χ3v) is 1.83. The van der Waals surface area contributed by atoms with E-state index in [1.165, 1.54) is 0 Å². The van der Waals surface area contributed by atoms with Crippen molar-refractivity contribution in [2.45, 2.75) is 6.54 Å². The number of ether oxygens (including phenoxy) is 1. The molecule has 0 saturated carbocycles. The Morgan fingerprint density at radius 2 is 2.21 bits per heavy atom. The van der Waals surface area contributed by atoms with E-state index in [9.17, 15) is 4.79 Å².